The molecule has 0 amide bonds. The average molecular weight is 547 g/mol. The number of hydrogen-bond donors (Lipinski definition) is 3. The fourth-order valence-corrected chi connectivity index (χ4v) is 5.19. The van der Waals surface area contributed by atoms with Crippen LogP contribution in [0, 0.1) is 0 Å². The van der Waals surface area contributed by atoms with Crippen molar-refractivity contribution in [2.24, 2.45) is 5.73 Å². The van der Waals surface area contributed by atoms with Crippen LogP contribution in [0.25, 0.3) is 11.2 Å². The minimum absolute atomic E-state index is 0. The van der Waals surface area contributed by atoms with Crippen LogP contribution >= 0.6 is 48.0 Å². The number of nitrogens with zero attached hydrogens (tertiary/aromatic N) is 4. The minimum atomic E-state index is 0. The second-order valence-corrected chi connectivity index (χ2v) is 9.82. The minimum Gasteiger partial charge on any atom is -0.352 e. The normalized spacial score (nSPS) is 20.6. The van der Waals surface area contributed by atoms with Gasteiger partial charge < -0.3 is 16.4 Å². The highest BCUT2D eigenvalue weighted by Crippen LogP contribution is 2.35. The number of aromatic nitrogens is 4. The van der Waals surface area contributed by atoms with Crippen LogP contribution in [0.15, 0.2) is 24.4 Å². The first kappa shape index (κ1) is 27.1. The number of benzene rings is 1. The zero-order chi connectivity index (χ0) is 22.1. The van der Waals surface area contributed by atoms with Gasteiger partial charge in [-0.25, -0.2) is 9.97 Å². The second-order valence-electron chi connectivity index (χ2n) is 9.00. The largest absolute Gasteiger partial charge is 0.352 e. The van der Waals surface area contributed by atoms with Crippen molar-refractivity contribution in [1.82, 2.24) is 19.5 Å². The summed E-state index contributed by atoms with van der Waals surface area (Å²) in [6.45, 7) is 0.605. The van der Waals surface area contributed by atoms with Gasteiger partial charge in [0.2, 0.25) is 11.9 Å². The molecule has 4 N–H and O–H groups in total. The van der Waals surface area contributed by atoms with Crippen LogP contribution in [0.5, 0.6) is 0 Å². The molecule has 0 aliphatic heterocycles. The van der Waals surface area contributed by atoms with E-state index in [0.29, 0.717) is 40.7 Å². The molecule has 34 heavy (non-hydrogen) atoms. The Labute approximate surface area is 222 Å². The van der Waals surface area contributed by atoms with Gasteiger partial charge >= 0.3 is 0 Å². The van der Waals surface area contributed by atoms with Crippen molar-refractivity contribution in [3.8, 4) is 0 Å². The molecule has 186 valence electrons. The molecule has 2 aliphatic rings. The molecule has 2 fully saturated rings. The van der Waals surface area contributed by atoms with E-state index in [1.165, 1.54) is 12.8 Å². The topological polar surface area (TPSA) is 93.7 Å². The van der Waals surface area contributed by atoms with Crippen molar-refractivity contribution >= 4 is 71.1 Å². The van der Waals surface area contributed by atoms with Crippen LogP contribution in [-0.2, 0) is 6.54 Å². The first-order valence-electron chi connectivity index (χ1n) is 11.5. The first-order valence-corrected chi connectivity index (χ1v) is 12.3. The first-order chi connectivity index (χ1) is 15.6. The maximum Gasteiger partial charge on any atom is 0.224 e. The maximum atomic E-state index is 6.19. The van der Waals surface area contributed by atoms with Crippen LogP contribution in [0.1, 0.15) is 63.0 Å². The van der Waals surface area contributed by atoms with Gasteiger partial charge in [-0.05, 0) is 56.2 Å². The number of nitrogens with one attached hydrogen (secondary N) is 2. The lowest BCUT2D eigenvalue weighted by Gasteiger charge is -2.26. The summed E-state index contributed by atoms with van der Waals surface area (Å²) in [4.78, 5) is 14.3. The van der Waals surface area contributed by atoms with Crippen molar-refractivity contribution in [3.05, 3.63) is 40.0 Å². The second kappa shape index (κ2) is 12.0. The van der Waals surface area contributed by atoms with E-state index in [4.69, 9.17) is 38.9 Å². The lowest BCUT2D eigenvalue weighted by molar-refractivity contribution is 0.410. The molecule has 2 aliphatic carbocycles. The molecule has 0 spiro atoms. The monoisotopic (exact) mass is 545 g/mol. The molecule has 11 heteroatoms. The molecule has 2 heterocycles. The quantitative estimate of drug-likeness (QED) is 0.332. The van der Waals surface area contributed by atoms with Gasteiger partial charge in [0.1, 0.15) is 5.52 Å². The molecule has 0 radical (unpaired) electrons. The van der Waals surface area contributed by atoms with Crippen molar-refractivity contribution in [3.63, 3.8) is 0 Å². The van der Waals surface area contributed by atoms with Crippen LogP contribution in [0.2, 0.25) is 10.0 Å². The highest BCUT2D eigenvalue weighted by Gasteiger charge is 2.25. The molecule has 3 aromatic rings. The molecule has 2 aromatic heterocycles. The molecule has 5 rings (SSSR count). The molecule has 0 bridgehead atoms. The lowest BCUT2D eigenvalue weighted by atomic mass is 9.92. The van der Waals surface area contributed by atoms with Gasteiger partial charge in [-0.1, -0.05) is 42.1 Å². The zero-order valence-electron chi connectivity index (χ0n) is 18.8. The predicted molar refractivity (Wildman–Crippen MR) is 145 cm³/mol. The van der Waals surface area contributed by atoms with Gasteiger partial charge in [0.25, 0.3) is 0 Å². The van der Waals surface area contributed by atoms with E-state index in [-0.39, 0.29) is 24.8 Å². The highest BCUT2D eigenvalue weighted by atomic mass is 35.5. The summed E-state index contributed by atoms with van der Waals surface area (Å²) in [6, 6.07) is 6.78. The van der Waals surface area contributed by atoms with Gasteiger partial charge in [0.15, 0.2) is 5.65 Å². The van der Waals surface area contributed by atoms with Crippen LogP contribution in [0.3, 0.4) is 0 Å². The molecular formula is C23H31Cl4N7. The SMILES string of the molecule is Cl.Cl.N[C@H]1CC[C@H](Nc2ncc3nc(NCc4ccc(Cl)c(Cl)c4)n(C4CCCC4)c3n2)CC1. The summed E-state index contributed by atoms with van der Waals surface area (Å²) < 4.78 is 2.27. The Kier molecular flexibility index (Phi) is 9.52. The predicted octanol–water partition coefficient (Wildman–Crippen LogP) is 6.39. The third-order valence-electron chi connectivity index (χ3n) is 6.66. The van der Waals surface area contributed by atoms with E-state index >= 15 is 0 Å². The fourth-order valence-electron chi connectivity index (χ4n) is 4.87. The summed E-state index contributed by atoms with van der Waals surface area (Å²) in [6.07, 6.45) is 10.8. The Morgan fingerprint density at radius 3 is 2.41 bits per heavy atom. The molecular weight excluding hydrogens is 516 g/mol. The van der Waals surface area contributed by atoms with Crippen molar-refractivity contribution in [2.75, 3.05) is 10.6 Å². The molecule has 2 saturated carbocycles. The molecule has 0 unspecified atom stereocenters. The summed E-state index contributed by atoms with van der Waals surface area (Å²) in [5, 5.41) is 8.13. The third-order valence-corrected chi connectivity index (χ3v) is 7.40. The van der Waals surface area contributed by atoms with Crippen molar-refractivity contribution in [1.29, 1.82) is 0 Å². The summed E-state index contributed by atoms with van der Waals surface area (Å²) in [7, 11) is 0. The Balaban J connectivity index is 0.00000162. The third kappa shape index (κ3) is 6.00. The van der Waals surface area contributed by atoms with Crippen molar-refractivity contribution in [2.45, 2.75) is 76.0 Å². The van der Waals surface area contributed by atoms with Gasteiger partial charge in [0, 0.05) is 24.7 Å². The Hall–Kier alpha value is -1.51. The summed E-state index contributed by atoms with van der Waals surface area (Å²) in [5.41, 5.74) is 8.80. The fraction of sp³-hybridized carbons (Fsp3) is 0.522. The maximum absolute atomic E-state index is 6.19. The van der Waals surface area contributed by atoms with Gasteiger partial charge in [-0.2, -0.15) is 4.98 Å². The average Bonchev–Trinajstić information content (AvgIpc) is 3.43. The summed E-state index contributed by atoms with van der Waals surface area (Å²) in [5.74, 6) is 1.50. The molecule has 7 nitrogen and oxygen atoms in total. The molecule has 0 atom stereocenters. The van der Waals surface area contributed by atoms with Gasteiger partial charge in [-0.15, -0.1) is 24.8 Å². The van der Waals surface area contributed by atoms with Gasteiger partial charge in [-0.3, -0.25) is 4.57 Å². The standard InChI is InChI=1S/C23H29Cl2N7.2ClH/c24-18-10-5-14(11-19(18)25)12-28-23-30-20-13-27-22(29-16-8-6-15(26)7-9-16)31-21(20)32(23)17-3-1-2-4-17;;/h5,10-11,13,15-17H,1-4,6-9,12,26H2,(H,28,30)(H,27,29,31);2*1H/t15-,16-;;. The van der Waals surface area contributed by atoms with E-state index in [0.717, 1.165) is 61.2 Å². The number of fused-ring (bicyclic) bond motifs is 1. The van der Waals surface area contributed by atoms with Gasteiger partial charge in [0.05, 0.1) is 16.2 Å². The van der Waals surface area contributed by atoms with Crippen molar-refractivity contribution < 1.29 is 0 Å². The number of hydrogen-bond acceptors (Lipinski definition) is 6. The number of halogens is 4. The summed E-state index contributed by atoms with van der Waals surface area (Å²) >= 11 is 12.2. The Bertz CT molecular complexity index is 1090. The van der Waals surface area contributed by atoms with E-state index in [9.17, 15) is 0 Å². The zero-order valence-corrected chi connectivity index (χ0v) is 22.0. The lowest BCUT2D eigenvalue weighted by Crippen LogP contribution is -2.33. The number of imidazole rings is 1. The Morgan fingerprint density at radius 2 is 1.71 bits per heavy atom. The van der Waals surface area contributed by atoms with E-state index in [1.54, 1.807) is 0 Å². The number of rotatable bonds is 6. The molecule has 0 saturated heterocycles. The Morgan fingerprint density at radius 1 is 0.971 bits per heavy atom. The molecule has 1 aromatic carbocycles. The number of nitrogens with two attached hydrogens (primary N) is 1. The van der Waals surface area contributed by atoms with E-state index in [1.807, 2.05) is 24.4 Å². The van der Waals surface area contributed by atoms with E-state index < -0.39 is 0 Å². The number of anilines is 2. The van der Waals surface area contributed by atoms with E-state index in [2.05, 4.69) is 20.2 Å². The highest BCUT2D eigenvalue weighted by molar-refractivity contribution is 6.42. The van der Waals surface area contributed by atoms with Crippen LogP contribution in [-0.4, -0.2) is 31.6 Å². The van der Waals surface area contributed by atoms with Crippen LogP contribution in [0.4, 0.5) is 11.9 Å². The smallest absolute Gasteiger partial charge is 0.224 e. The van der Waals surface area contributed by atoms with Crippen LogP contribution < -0.4 is 16.4 Å².